The number of nitrogens with one attached hydrogen (secondary N) is 2. The molecule has 0 unspecified atom stereocenters. The Bertz CT molecular complexity index is 1330. The second kappa shape index (κ2) is 12.2. The number of benzene rings is 1. The molecular formula is C27H32ClN5O5. The molecule has 1 aliphatic heterocycles. The largest absolute Gasteiger partial charge is 0.480 e. The maximum absolute atomic E-state index is 12.6. The predicted molar refractivity (Wildman–Crippen MR) is 146 cm³/mol. The van der Waals surface area contributed by atoms with Crippen LogP contribution >= 0.6 is 11.6 Å². The number of ether oxygens (including phenoxy) is 1. The summed E-state index contributed by atoms with van der Waals surface area (Å²) in [6, 6.07) is 7.20. The highest BCUT2D eigenvalue weighted by Crippen LogP contribution is 2.38. The van der Waals surface area contributed by atoms with Crippen LogP contribution in [-0.2, 0) is 9.59 Å². The Kier molecular flexibility index (Phi) is 8.73. The highest BCUT2D eigenvalue weighted by atomic mass is 35.5. The number of carboxylic acid groups (broad SMARTS) is 1. The summed E-state index contributed by atoms with van der Waals surface area (Å²) in [5.41, 5.74) is 2.09. The lowest BCUT2D eigenvalue weighted by Crippen LogP contribution is -2.49. The van der Waals surface area contributed by atoms with E-state index in [9.17, 15) is 19.5 Å². The number of nitrogens with zero attached hydrogens (tertiary/aromatic N) is 3. The molecule has 11 heteroatoms. The molecule has 38 heavy (non-hydrogen) atoms. The van der Waals surface area contributed by atoms with Gasteiger partial charge in [0.2, 0.25) is 17.7 Å². The fourth-order valence-corrected chi connectivity index (χ4v) is 4.94. The number of unbranched alkanes of at least 4 members (excludes halogenated alkanes) is 2. The number of rotatable bonds is 10. The highest BCUT2D eigenvalue weighted by molar-refractivity contribution is 6.34. The molecule has 0 bridgehead atoms. The number of hydrogen-bond donors (Lipinski definition) is 3. The fourth-order valence-electron chi connectivity index (χ4n) is 4.68. The van der Waals surface area contributed by atoms with Crippen LogP contribution in [0.1, 0.15) is 43.0 Å². The number of aromatic amines is 1. The number of carbonyl (C=O) groups excluding carboxylic acids is 2. The third kappa shape index (κ3) is 6.19. The SMILES string of the molecule is COc1nc(N2CCN(C(=O)CCCCCNC(C)=O)CC2)ccc1-c1cc2c(C(=O)O)c[nH]c2cc1Cl. The second-order valence-corrected chi connectivity index (χ2v) is 9.68. The predicted octanol–water partition coefficient (Wildman–Crippen LogP) is 3.94. The van der Waals surface area contributed by atoms with Crippen LogP contribution in [0.2, 0.25) is 5.02 Å². The van der Waals surface area contributed by atoms with Crippen molar-refractivity contribution in [1.82, 2.24) is 20.2 Å². The Morgan fingerprint density at radius 3 is 2.55 bits per heavy atom. The number of methoxy groups -OCH3 is 1. The molecule has 1 saturated heterocycles. The zero-order valence-electron chi connectivity index (χ0n) is 21.6. The zero-order valence-corrected chi connectivity index (χ0v) is 22.3. The number of aromatic nitrogens is 2. The lowest BCUT2D eigenvalue weighted by Gasteiger charge is -2.35. The van der Waals surface area contributed by atoms with Gasteiger partial charge in [0.05, 0.1) is 17.7 Å². The fraction of sp³-hybridized carbons (Fsp3) is 0.407. The minimum Gasteiger partial charge on any atom is -0.480 e. The van der Waals surface area contributed by atoms with E-state index in [2.05, 4.69) is 15.2 Å². The van der Waals surface area contributed by atoms with Gasteiger partial charge in [0, 0.05) is 74.3 Å². The summed E-state index contributed by atoms with van der Waals surface area (Å²) in [5, 5.41) is 13.3. The molecule has 202 valence electrons. The van der Waals surface area contributed by atoms with Crippen LogP contribution in [-0.4, -0.2) is 77.6 Å². The van der Waals surface area contributed by atoms with Crippen LogP contribution in [0.15, 0.2) is 30.5 Å². The molecule has 2 aromatic heterocycles. The molecule has 0 aliphatic carbocycles. The van der Waals surface area contributed by atoms with Gasteiger partial charge >= 0.3 is 5.97 Å². The second-order valence-electron chi connectivity index (χ2n) is 9.27. The average molecular weight is 542 g/mol. The summed E-state index contributed by atoms with van der Waals surface area (Å²) in [6.45, 7) is 4.69. The van der Waals surface area contributed by atoms with E-state index in [1.165, 1.54) is 20.2 Å². The van der Waals surface area contributed by atoms with Crippen LogP contribution < -0.4 is 15.0 Å². The average Bonchev–Trinajstić information content (AvgIpc) is 3.32. The van der Waals surface area contributed by atoms with Gasteiger partial charge in [-0.2, -0.15) is 4.98 Å². The lowest BCUT2D eigenvalue weighted by molar-refractivity contribution is -0.131. The van der Waals surface area contributed by atoms with E-state index in [0.717, 1.165) is 25.1 Å². The standard InChI is InChI=1S/C27H32ClN5O5/c1-17(34)29-9-5-3-4-6-25(35)33-12-10-32(11-13-33)24-8-7-18(26(31-24)38-2)19-14-20-21(27(36)37)16-30-23(20)15-22(19)28/h7-8,14-16,30H,3-6,9-13H2,1-2H3,(H,29,34)(H,36,37). The molecule has 1 fully saturated rings. The zero-order chi connectivity index (χ0) is 27.2. The first-order valence-electron chi connectivity index (χ1n) is 12.6. The highest BCUT2D eigenvalue weighted by Gasteiger charge is 2.23. The van der Waals surface area contributed by atoms with Crippen LogP contribution in [0.25, 0.3) is 22.0 Å². The molecule has 1 aromatic carbocycles. The normalized spacial score (nSPS) is 13.6. The number of fused-ring (bicyclic) bond motifs is 1. The molecule has 3 aromatic rings. The summed E-state index contributed by atoms with van der Waals surface area (Å²) < 4.78 is 5.59. The smallest absolute Gasteiger partial charge is 0.337 e. The quantitative estimate of drug-likeness (QED) is 0.332. The molecule has 0 saturated carbocycles. The molecular weight excluding hydrogens is 510 g/mol. The number of anilines is 1. The Hall–Kier alpha value is -3.79. The lowest BCUT2D eigenvalue weighted by atomic mass is 10.0. The van der Waals surface area contributed by atoms with Crippen molar-refractivity contribution in [3.8, 4) is 17.0 Å². The van der Waals surface area contributed by atoms with Crippen LogP contribution in [0.4, 0.5) is 5.82 Å². The van der Waals surface area contributed by atoms with Gasteiger partial charge in [-0.3, -0.25) is 9.59 Å². The number of aromatic carboxylic acids is 1. The molecule has 3 heterocycles. The van der Waals surface area contributed by atoms with Crippen molar-refractivity contribution in [1.29, 1.82) is 0 Å². The van der Waals surface area contributed by atoms with Crippen molar-refractivity contribution in [2.75, 3.05) is 44.7 Å². The third-order valence-electron chi connectivity index (χ3n) is 6.73. The van der Waals surface area contributed by atoms with Crippen molar-refractivity contribution in [2.24, 2.45) is 0 Å². The number of hydrogen-bond acceptors (Lipinski definition) is 6. The van der Waals surface area contributed by atoms with Gasteiger partial charge in [0.25, 0.3) is 0 Å². The van der Waals surface area contributed by atoms with Gasteiger partial charge in [-0.25, -0.2) is 4.79 Å². The van der Waals surface area contributed by atoms with Gasteiger partial charge in [-0.05, 0) is 37.1 Å². The van der Waals surface area contributed by atoms with E-state index >= 15 is 0 Å². The summed E-state index contributed by atoms with van der Waals surface area (Å²) in [6.07, 6.45) is 4.54. The van der Waals surface area contributed by atoms with E-state index in [1.807, 2.05) is 17.0 Å². The van der Waals surface area contributed by atoms with Crippen molar-refractivity contribution in [3.05, 3.63) is 41.0 Å². The van der Waals surface area contributed by atoms with E-state index in [4.69, 9.17) is 21.3 Å². The Morgan fingerprint density at radius 2 is 1.87 bits per heavy atom. The first-order chi connectivity index (χ1) is 18.3. The Balaban J connectivity index is 1.39. The van der Waals surface area contributed by atoms with Gasteiger partial charge in [0.1, 0.15) is 5.82 Å². The van der Waals surface area contributed by atoms with Crippen LogP contribution in [0, 0.1) is 0 Å². The monoisotopic (exact) mass is 541 g/mol. The summed E-state index contributed by atoms with van der Waals surface area (Å²) in [7, 11) is 1.54. The maximum Gasteiger partial charge on any atom is 0.337 e. The molecule has 0 atom stereocenters. The van der Waals surface area contributed by atoms with E-state index in [1.54, 1.807) is 12.1 Å². The van der Waals surface area contributed by atoms with E-state index < -0.39 is 5.97 Å². The number of carboxylic acids is 1. The van der Waals surface area contributed by atoms with E-state index in [0.29, 0.717) is 72.1 Å². The Morgan fingerprint density at radius 1 is 1.11 bits per heavy atom. The molecule has 10 nitrogen and oxygen atoms in total. The molecule has 3 N–H and O–H groups in total. The third-order valence-corrected chi connectivity index (χ3v) is 7.04. The number of pyridine rings is 1. The van der Waals surface area contributed by atoms with Gasteiger partial charge in [-0.1, -0.05) is 18.0 Å². The molecule has 4 rings (SSSR count). The van der Waals surface area contributed by atoms with Crippen LogP contribution in [0.3, 0.4) is 0 Å². The van der Waals surface area contributed by atoms with Crippen molar-refractivity contribution in [3.63, 3.8) is 0 Å². The summed E-state index contributed by atoms with van der Waals surface area (Å²) in [4.78, 5) is 46.8. The van der Waals surface area contributed by atoms with Gasteiger partial charge in [-0.15, -0.1) is 0 Å². The number of carbonyl (C=O) groups is 3. The summed E-state index contributed by atoms with van der Waals surface area (Å²) >= 11 is 6.55. The van der Waals surface area contributed by atoms with Crippen molar-refractivity contribution < 1.29 is 24.2 Å². The molecule has 2 amide bonds. The molecule has 0 spiro atoms. The van der Waals surface area contributed by atoms with E-state index in [-0.39, 0.29) is 17.4 Å². The molecule has 1 aliphatic rings. The number of amides is 2. The maximum atomic E-state index is 12.6. The number of halogens is 1. The first kappa shape index (κ1) is 27.3. The first-order valence-corrected chi connectivity index (χ1v) is 13.0. The minimum absolute atomic E-state index is 0.0305. The van der Waals surface area contributed by atoms with Gasteiger partial charge < -0.3 is 29.9 Å². The Labute approximate surface area is 225 Å². The molecule has 0 radical (unpaired) electrons. The summed E-state index contributed by atoms with van der Waals surface area (Å²) in [5.74, 6) is 0.219. The van der Waals surface area contributed by atoms with Crippen molar-refractivity contribution >= 4 is 46.1 Å². The topological polar surface area (TPSA) is 128 Å². The van der Waals surface area contributed by atoms with Crippen molar-refractivity contribution in [2.45, 2.75) is 32.6 Å². The van der Waals surface area contributed by atoms with Gasteiger partial charge in [0.15, 0.2) is 0 Å². The van der Waals surface area contributed by atoms with Crippen LogP contribution in [0.5, 0.6) is 5.88 Å². The number of piperazine rings is 1. The minimum atomic E-state index is -1.02. The number of H-pyrrole nitrogens is 1.